The van der Waals surface area contributed by atoms with Crippen LogP contribution >= 0.6 is 23.2 Å². The summed E-state index contributed by atoms with van der Waals surface area (Å²) in [4.78, 5) is 13.5. The molecule has 0 aliphatic carbocycles. The van der Waals surface area contributed by atoms with Gasteiger partial charge in [-0.15, -0.1) is 11.6 Å². The molecule has 0 aromatic heterocycles. The third-order valence-electron chi connectivity index (χ3n) is 3.66. The number of amides is 1. The van der Waals surface area contributed by atoms with E-state index in [0.717, 1.165) is 0 Å². The molecule has 7 heteroatoms. The van der Waals surface area contributed by atoms with E-state index in [1.807, 2.05) is 6.92 Å². The number of hydrogen-bond donors (Lipinski definition) is 1. The van der Waals surface area contributed by atoms with Crippen LogP contribution in [-0.4, -0.2) is 49.0 Å². The second-order valence-corrected chi connectivity index (χ2v) is 5.94. The van der Waals surface area contributed by atoms with Crippen LogP contribution in [0, 0.1) is 5.82 Å². The van der Waals surface area contributed by atoms with Gasteiger partial charge in [0.1, 0.15) is 11.7 Å². The Kier molecular flexibility index (Phi) is 6.44. The molecule has 2 atom stereocenters. The van der Waals surface area contributed by atoms with Crippen LogP contribution in [-0.2, 0) is 9.53 Å². The van der Waals surface area contributed by atoms with Crippen LogP contribution in [0.25, 0.3) is 0 Å². The molecule has 1 aliphatic heterocycles. The summed E-state index contributed by atoms with van der Waals surface area (Å²) in [6.07, 6.45) is 0.0468. The van der Waals surface area contributed by atoms with Gasteiger partial charge in [-0.2, -0.15) is 0 Å². The summed E-state index contributed by atoms with van der Waals surface area (Å²) in [7, 11) is 0. The molecule has 2 rings (SSSR count). The summed E-state index contributed by atoms with van der Waals surface area (Å²) in [5.74, 6) is -0.797. The molecule has 1 saturated heterocycles. The molecule has 0 radical (unpaired) electrons. The lowest BCUT2D eigenvalue weighted by Gasteiger charge is -2.38. The van der Waals surface area contributed by atoms with Crippen molar-refractivity contribution in [2.75, 3.05) is 32.1 Å². The lowest BCUT2D eigenvalue weighted by molar-refractivity contribution is -0.119. The number of carbonyl (C=O) groups excluding carboxylic acids is 1. The van der Waals surface area contributed by atoms with Crippen LogP contribution < -0.4 is 5.32 Å². The topological polar surface area (TPSA) is 41.6 Å². The van der Waals surface area contributed by atoms with E-state index in [9.17, 15) is 9.18 Å². The summed E-state index contributed by atoms with van der Waals surface area (Å²) in [6.45, 7) is 4.07. The quantitative estimate of drug-likeness (QED) is 0.831. The summed E-state index contributed by atoms with van der Waals surface area (Å²) in [6, 6.07) is 4.24. The highest BCUT2D eigenvalue weighted by molar-refractivity contribution is 6.31. The molecule has 122 valence electrons. The number of hydrogen-bond acceptors (Lipinski definition) is 3. The monoisotopic (exact) mass is 348 g/mol. The highest BCUT2D eigenvalue weighted by Crippen LogP contribution is 2.30. The number of benzene rings is 1. The fourth-order valence-corrected chi connectivity index (χ4v) is 3.01. The fourth-order valence-electron chi connectivity index (χ4n) is 2.63. The number of nitrogens with zero attached hydrogens (tertiary/aromatic N) is 1. The minimum atomic E-state index is -0.378. The van der Waals surface area contributed by atoms with Crippen LogP contribution in [0.15, 0.2) is 18.2 Å². The van der Waals surface area contributed by atoms with Crippen molar-refractivity contribution < 1.29 is 13.9 Å². The third-order valence-corrected chi connectivity index (χ3v) is 4.23. The van der Waals surface area contributed by atoms with Gasteiger partial charge in [0.15, 0.2) is 0 Å². The Morgan fingerprint density at radius 3 is 3.00 bits per heavy atom. The average Bonchev–Trinajstić information content (AvgIpc) is 2.49. The first-order valence-electron chi connectivity index (χ1n) is 7.15. The van der Waals surface area contributed by atoms with Crippen molar-refractivity contribution in [2.45, 2.75) is 19.1 Å². The second-order valence-electron chi connectivity index (χ2n) is 5.27. The van der Waals surface area contributed by atoms with Crippen LogP contribution in [0.5, 0.6) is 0 Å². The van der Waals surface area contributed by atoms with Crippen molar-refractivity contribution >= 4 is 29.1 Å². The summed E-state index contributed by atoms with van der Waals surface area (Å²) >= 11 is 11.7. The van der Waals surface area contributed by atoms with Crippen LogP contribution in [0.4, 0.5) is 4.39 Å². The van der Waals surface area contributed by atoms with Crippen molar-refractivity contribution in [1.29, 1.82) is 0 Å². The van der Waals surface area contributed by atoms with E-state index < -0.39 is 0 Å². The maximum Gasteiger partial charge on any atom is 0.234 e. The Morgan fingerprint density at radius 2 is 2.36 bits per heavy atom. The van der Waals surface area contributed by atoms with E-state index >= 15 is 0 Å². The smallest absolute Gasteiger partial charge is 0.234 e. The molecule has 0 bridgehead atoms. The van der Waals surface area contributed by atoms with Gasteiger partial charge >= 0.3 is 0 Å². The Balaban J connectivity index is 2.26. The van der Waals surface area contributed by atoms with Gasteiger partial charge in [0.25, 0.3) is 0 Å². The molecule has 1 fully saturated rings. The first kappa shape index (κ1) is 17.5. The van der Waals surface area contributed by atoms with E-state index in [4.69, 9.17) is 27.9 Å². The van der Waals surface area contributed by atoms with Crippen molar-refractivity contribution in [3.63, 3.8) is 0 Å². The maximum absolute atomic E-state index is 14.3. The lowest BCUT2D eigenvalue weighted by Crippen LogP contribution is -2.47. The van der Waals surface area contributed by atoms with Crippen LogP contribution in [0.1, 0.15) is 18.5 Å². The minimum absolute atomic E-state index is 0.0468. The van der Waals surface area contributed by atoms with Gasteiger partial charge in [0, 0.05) is 30.2 Å². The summed E-state index contributed by atoms with van der Waals surface area (Å²) in [5.41, 5.74) is 0.396. The summed E-state index contributed by atoms with van der Waals surface area (Å²) < 4.78 is 19.8. The molecule has 0 spiro atoms. The molecular formula is C15H19Cl2FN2O2. The highest BCUT2D eigenvalue weighted by atomic mass is 35.5. The zero-order valence-electron chi connectivity index (χ0n) is 12.3. The Morgan fingerprint density at radius 1 is 1.59 bits per heavy atom. The standard InChI is InChI=1S/C15H19Cl2FN2O2/c1-10-9-20(5-6-22-10)13(8-19-14(21)7-16)15-11(17)3-2-4-12(15)18/h2-4,10,13H,5-9H2,1H3,(H,19,21). The van der Waals surface area contributed by atoms with E-state index in [2.05, 4.69) is 10.2 Å². The number of nitrogens with one attached hydrogen (secondary N) is 1. The highest BCUT2D eigenvalue weighted by Gasteiger charge is 2.29. The van der Waals surface area contributed by atoms with E-state index in [1.165, 1.54) is 6.07 Å². The molecule has 0 saturated carbocycles. The largest absolute Gasteiger partial charge is 0.376 e. The van der Waals surface area contributed by atoms with Crippen molar-refractivity contribution in [1.82, 2.24) is 10.2 Å². The van der Waals surface area contributed by atoms with Gasteiger partial charge in [0.2, 0.25) is 5.91 Å². The number of morpholine rings is 1. The molecule has 2 unspecified atom stereocenters. The van der Waals surface area contributed by atoms with Gasteiger partial charge in [-0.3, -0.25) is 9.69 Å². The predicted octanol–water partition coefficient (Wildman–Crippen LogP) is 2.60. The van der Waals surface area contributed by atoms with Gasteiger partial charge in [0.05, 0.1) is 18.8 Å². The molecular weight excluding hydrogens is 330 g/mol. The Hall–Kier alpha value is -0.880. The number of halogens is 3. The normalized spacial score (nSPS) is 20.6. The number of carbonyl (C=O) groups is 1. The number of ether oxygens (including phenoxy) is 1. The minimum Gasteiger partial charge on any atom is -0.376 e. The molecule has 1 N–H and O–H groups in total. The zero-order valence-corrected chi connectivity index (χ0v) is 13.8. The first-order chi connectivity index (χ1) is 10.5. The van der Waals surface area contributed by atoms with Crippen LogP contribution in [0.3, 0.4) is 0 Å². The number of rotatable bonds is 5. The Bertz CT molecular complexity index is 510. The van der Waals surface area contributed by atoms with E-state index in [-0.39, 0.29) is 36.3 Å². The zero-order chi connectivity index (χ0) is 16.1. The van der Waals surface area contributed by atoms with Crippen molar-refractivity contribution in [2.24, 2.45) is 0 Å². The summed E-state index contributed by atoms with van der Waals surface area (Å²) in [5, 5.41) is 3.07. The third kappa shape index (κ3) is 4.32. The molecule has 1 aromatic rings. The second kappa shape index (κ2) is 8.11. The van der Waals surface area contributed by atoms with Crippen molar-refractivity contribution in [3.05, 3.63) is 34.6 Å². The fraction of sp³-hybridized carbons (Fsp3) is 0.533. The predicted molar refractivity (Wildman–Crippen MR) is 84.9 cm³/mol. The van der Waals surface area contributed by atoms with Gasteiger partial charge in [-0.05, 0) is 19.1 Å². The lowest BCUT2D eigenvalue weighted by atomic mass is 10.0. The van der Waals surface area contributed by atoms with E-state index in [1.54, 1.807) is 12.1 Å². The van der Waals surface area contributed by atoms with E-state index in [0.29, 0.717) is 30.3 Å². The molecule has 4 nitrogen and oxygen atoms in total. The molecule has 1 aromatic carbocycles. The average molecular weight is 349 g/mol. The maximum atomic E-state index is 14.3. The molecule has 22 heavy (non-hydrogen) atoms. The SMILES string of the molecule is CC1CN(C(CNC(=O)CCl)c2c(F)cccc2Cl)CCO1. The van der Waals surface area contributed by atoms with Crippen LogP contribution in [0.2, 0.25) is 5.02 Å². The van der Waals surface area contributed by atoms with Gasteiger partial charge in [-0.25, -0.2) is 4.39 Å². The molecule has 1 amide bonds. The van der Waals surface area contributed by atoms with Gasteiger partial charge in [-0.1, -0.05) is 17.7 Å². The Labute approximate surface area is 139 Å². The van der Waals surface area contributed by atoms with Gasteiger partial charge < -0.3 is 10.1 Å². The first-order valence-corrected chi connectivity index (χ1v) is 8.06. The molecule has 1 aliphatic rings. The van der Waals surface area contributed by atoms with Crippen molar-refractivity contribution in [3.8, 4) is 0 Å². The number of alkyl halides is 1. The molecule has 1 heterocycles.